The number of benzene rings is 2. The van der Waals surface area contributed by atoms with E-state index in [4.69, 9.17) is 9.47 Å². The van der Waals surface area contributed by atoms with Gasteiger partial charge in [-0.1, -0.05) is 24.3 Å². The Morgan fingerprint density at radius 3 is 2.29 bits per heavy atom. The van der Waals surface area contributed by atoms with Crippen molar-refractivity contribution in [3.05, 3.63) is 54.6 Å². The molecule has 0 amide bonds. The van der Waals surface area contributed by atoms with E-state index in [1.54, 1.807) is 0 Å². The molecule has 0 atom stereocenters. The van der Waals surface area contributed by atoms with Gasteiger partial charge in [-0.15, -0.1) is 0 Å². The number of para-hydroxylation sites is 1. The monoisotopic (exact) mass is 230 g/mol. The van der Waals surface area contributed by atoms with Gasteiger partial charge >= 0.3 is 0 Å². The summed E-state index contributed by atoms with van der Waals surface area (Å²) in [5.41, 5.74) is 3.73. The first kappa shape index (κ1) is 11.5. The van der Waals surface area contributed by atoms with E-state index >= 15 is 0 Å². The van der Waals surface area contributed by atoms with Crippen LogP contribution in [0.2, 0.25) is 0 Å². The van der Waals surface area contributed by atoms with Crippen LogP contribution in [0.1, 0.15) is 0 Å². The number of quaternary nitrogens is 1. The number of ether oxygens (including phenoxy) is 2. The Hall–Kier alpha value is -2.00. The first-order valence-corrected chi connectivity index (χ1v) is 5.63. The van der Waals surface area contributed by atoms with Gasteiger partial charge in [-0.05, 0) is 24.3 Å². The van der Waals surface area contributed by atoms with Crippen molar-refractivity contribution in [1.29, 1.82) is 0 Å². The van der Waals surface area contributed by atoms with Crippen molar-refractivity contribution < 1.29 is 15.2 Å². The predicted octanol–water partition coefficient (Wildman–Crippen LogP) is 2.10. The maximum Gasteiger partial charge on any atom is 0.137 e. The van der Waals surface area contributed by atoms with E-state index in [0.29, 0.717) is 6.61 Å². The zero-order chi connectivity index (χ0) is 11.9. The van der Waals surface area contributed by atoms with Crippen LogP contribution in [0.5, 0.6) is 17.2 Å². The zero-order valence-corrected chi connectivity index (χ0v) is 9.63. The maximum atomic E-state index is 5.70. The Morgan fingerprint density at radius 1 is 0.824 bits per heavy atom. The van der Waals surface area contributed by atoms with Crippen molar-refractivity contribution in [2.75, 3.05) is 13.2 Å². The summed E-state index contributed by atoms with van der Waals surface area (Å²) in [5.74, 6) is 2.40. The Balaban J connectivity index is 2.06. The molecule has 0 spiro atoms. The number of rotatable bonds is 5. The average molecular weight is 230 g/mol. The molecule has 3 heteroatoms. The van der Waals surface area contributed by atoms with E-state index in [-0.39, 0.29) is 0 Å². The number of hydrogen-bond acceptors (Lipinski definition) is 2. The van der Waals surface area contributed by atoms with Crippen molar-refractivity contribution in [2.24, 2.45) is 0 Å². The van der Waals surface area contributed by atoms with E-state index in [9.17, 15) is 0 Å². The highest BCUT2D eigenvalue weighted by atomic mass is 16.5. The highest BCUT2D eigenvalue weighted by Gasteiger charge is 1.99. The van der Waals surface area contributed by atoms with Crippen LogP contribution >= 0.6 is 0 Å². The van der Waals surface area contributed by atoms with E-state index in [2.05, 4.69) is 5.73 Å². The summed E-state index contributed by atoms with van der Waals surface area (Å²) in [5, 5.41) is 0. The standard InChI is InChI=1S/C14H15NO2/c15-9-10-16-13-7-4-8-14(11-13)17-12-5-2-1-3-6-12/h1-8,11H,9-10,15H2/p+1. The Labute approximate surface area is 101 Å². The van der Waals surface area contributed by atoms with Gasteiger partial charge in [0, 0.05) is 6.07 Å². The van der Waals surface area contributed by atoms with Gasteiger partial charge in [-0.25, -0.2) is 0 Å². The fraction of sp³-hybridized carbons (Fsp3) is 0.143. The number of hydrogen-bond donors (Lipinski definition) is 1. The summed E-state index contributed by atoms with van der Waals surface area (Å²) in [4.78, 5) is 0. The van der Waals surface area contributed by atoms with Gasteiger partial charge in [0.05, 0.1) is 0 Å². The van der Waals surface area contributed by atoms with Crippen LogP contribution in [-0.2, 0) is 0 Å². The van der Waals surface area contributed by atoms with Crippen molar-refractivity contribution in [2.45, 2.75) is 0 Å². The summed E-state index contributed by atoms with van der Waals surface area (Å²) >= 11 is 0. The van der Waals surface area contributed by atoms with Crippen LogP contribution < -0.4 is 15.2 Å². The molecule has 2 aromatic carbocycles. The van der Waals surface area contributed by atoms with Gasteiger partial charge < -0.3 is 15.2 Å². The lowest BCUT2D eigenvalue weighted by Crippen LogP contribution is -2.52. The molecule has 0 saturated carbocycles. The summed E-state index contributed by atoms with van der Waals surface area (Å²) in [7, 11) is 0. The molecule has 3 N–H and O–H groups in total. The average Bonchev–Trinajstić information content (AvgIpc) is 2.38. The second kappa shape index (κ2) is 5.92. The molecule has 0 aliphatic heterocycles. The SMILES string of the molecule is [NH3+]CCOc1cccc(Oc2ccccc2)c1. The minimum Gasteiger partial charge on any atom is -0.488 e. The molecule has 0 aliphatic rings. The Kier molecular flexibility index (Phi) is 4.00. The minimum absolute atomic E-state index is 0.620. The topological polar surface area (TPSA) is 46.1 Å². The molecular formula is C14H16NO2+. The first-order valence-electron chi connectivity index (χ1n) is 5.63. The molecule has 2 aromatic rings. The molecule has 0 fully saturated rings. The third kappa shape index (κ3) is 3.50. The lowest BCUT2D eigenvalue weighted by Gasteiger charge is -2.08. The van der Waals surface area contributed by atoms with Gasteiger partial charge in [-0.2, -0.15) is 0 Å². The minimum atomic E-state index is 0.620. The molecule has 0 saturated heterocycles. The van der Waals surface area contributed by atoms with Crippen LogP contribution in [-0.4, -0.2) is 13.2 Å². The summed E-state index contributed by atoms with van der Waals surface area (Å²) in [6.07, 6.45) is 0. The van der Waals surface area contributed by atoms with Crippen molar-refractivity contribution in [1.82, 2.24) is 0 Å². The Bertz CT molecular complexity index is 457. The zero-order valence-electron chi connectivity index (χ0n) is 9.63. The van der Waals surface area contributed by atoms with E-state index in [1.807, 2.05) is 54.6 Å². The highest BCUT2D eigenvalue weighted by molar-refractivity contribution is 5.36. The van der Waals surface area contributed by atoms with Crippen molar-refractivity contribution >= 4 is 0 Å². The molecule has 0 radical (unpaired) electrons. The maximum absolute atomic E-state index is 5.70. The van der Waals surface area contributed by atoms with Crippen molar-refractivity contribution in [3.63, 3.8) is 0 Å². The van der Waals surface area contributed by atoms with Gasteiger partial charge in [0.2, 0.25) is 0 Å². The van der Waals surface area contributed by atoms with Gasteiger partial charge in [-0.3, -0.25) is 0 Å². The quantitative estimate of drug-likeness (QED) is 0.855. The normalized spacial score (nSPS) is 9.94. The lowest BCUT2D eigenvalue weighted by molar-refractivity contribution is -0.370. The van der Waals surface area contributed by atoms with Crippen molar-refractivity contribution in [3.8, 4) is 17.2 Å². The fourth-order valence-electron chi connectivity index (χ4n) is 1.44. The van der Waals surface area contributed by atoms with Gasteiger partial charge in [0.15, 0.2) is 0 Å². The second-order valence-electron chi connectivity index (χ2n) is 3.59. The van der Waals surface area contributed by atoms with Crippen LogP contribution in [0.15, 0.2) is 54.6 Å². The third-order valence-electron chi connectivity index (χ3n) is 2.20. The molecule has 2 rings (SSSR count). The van der Waals surface area contributed by atoms with E-state index in [1.165, 1.54) is 0 Å². The molecule has 0 aliphatic carbocycles. The molecule has 0 heterocycles. The summed E-state index contributed by atoms with van der Waals surface area (Å²) in [6, 6.07) is 17.3. The van der Waals surface area contributed by atoms with Crippen LogP contribution in [0.25, 0.3) is 0 Å². The van der Waals surface area contributed by atoms with Gasteiger partial charge in [0.25, 0.3) is 0 Å². The molecule has 88 valence electrons. The fourth-order valence-corrected chi connectivity index (χ4v) is 1.44. The molecule has 17 heavy (non-hydrogen) atoms. The van der Waals surface area contributed by atoms with Crippen LogP contribution in [0, 0.1) is 0 Å². The van der Waals surface area contributed by atoms with Crippen LogP contribution in [0.4, 0.5) is 0 Å². The van der Waals surface area contributed by atoms with Crippen LogP contribution in [0.3, 0.4) is 0 Å². The first-order chi connectivity index (χ1) is 8.38. The molecule has 0 aromatic heterocycles. The molecule has 0 unspecified atom stereocenters. The Morgan fingerprint density at radius 2 is 1.53 bits per heavy atom. The molecular weight excluding hydrogens is 214 g/mol. The third-order valence-corrected chi connectivity index (χ3v) is 2.20. The summed E-state index contributed by atoms with van der Waals surface area (Å²) in [6.45, 7) is 1.37. The smallest absolute Gasteiger partial charge is 0.137 e. The molecule has 0 bridgehead atoms. The highest BCUT2D eigenvalue weighted by Crippen LogP contribution is 2.24. The second-order valence-corrected chi connectivity index (χ2v) is 3.59. The molecule has 3 nitrogen and oxygen atoms in total. The van der Waals surface area contributed by atoms with E-state index in [0.717, 1.165) is 23.8 Å². The predicted molar refractivity (Wildman–Crippen MR) is 66.2 cm³/mol. The van der Waals surface area contributed by atoms with Gasteiger partial charge in [0.1, 0.15) is 30.4 Å². The summed E-state index contributed by atoms with van der Waals surface area (Å²) < 4.78 is 11.2. The largest absolute Gasteiger partial charge is 0.488 e. The van der Waals surface area contributed by atoms with E-state index < -0.39 is 0 Å². The lowest BCUT2D eigenvalue weighted by atomic mass is 10.3.